The van der Waals surface area contributed by atoms with Gasteiger partial charge in [-0.2, -0.15) is 0 Å². The first kappa shape index (κ1) is 15.4. The zero-order valence-corrected chi connectivity index (χ0v) is 13.6. The highest BCUT2D eigenvalue weighted by atomic mass is 16.5. The van der Waals surface area contributed by atoms with Crippen molar-refractivity contribution in [1.29, 1.82) is 0 Å². The predicted octanol–water partition coefficient (Wildman–Crippen LogP) is 0.313. The number of hydrazine groups is 1. The van der Waals surface area contributed by atoms with Crippen LogP contribution >= 0.6 is 0 Å². The van der Waals surface area contributed by atoms with Gasteiger partial charge in [0, 0.05) is 19.6 Å². The average Bonchev–Trinajstić information content (AvgIpc) is 3.10. The number of ether oxygens (including phenoxy) is 1. The molecule has 7 heteroatoms. The number of guanidine groups is 1. The maximum absolute atomic E-state index is 12.1. The maximum Gasteiger partial charge on any atom is 0.234 e. The van der Waals surface area contributed by atoms with E-state index in [-0.39, 0.29) is 18.0 Å². The molecule has 24 heavy (non-hydrogen) atoms. The normalized spacial score (nSPS) is 27.4. The summed E-state index contributed by atoms with van der Waals surface area (Å²) in [4.78, 5) is 18.9. The fraction of sp³-hybridized carbons (Fsp3) is 0.529. The minimum absolute atomic E-state index is 0.0528. The third-order valence-corrected chi connectivity index (χ3v) is 4.93. The molecule has 3 N–H and O–H groups in total. The zero-order valence-electron chi connectivity index (χ0n) is 13.6. The van der Waals surface area contributed by atoms with Crippen molar-refractivity contribution >= 4 is 11.9 Å². The van der Waals surface area contributed by atoms with Gasteiger partial charge in [-0.15, -0.1) is 0 Å². The summed E-state index contributed by atoms with van der Waals surface area (Å²) in [5.41, 5.74) is 6.06. The molecule has 1 amide bonds. The first-order valence-electron chi connectivity index (χ1n) is 8.59. The summed E-state index contributed by atoms with van der Waals surface area (Å²) in [7, 11) is 0. The van der Waals surface area contributed by atoms with E-state index in [0.29, 0.717) is 18.4 Å². The summed E-state index contributed by atoms with van der Waals surface area (Å²) in [6, 6.07) is 9.94. The summed E-state index contributed by atoms with van der Waals surface area (Å²) < 4.78 is 5.86. The average molecular weight is 329 g/mol. The third kappa shape index (κ3) is 3.22. The first-order chi connectivity index (χ1) is 11.8. The summed E-state index contributed by atoms with van der Waals surface area (Å²) in [5, 5.41) is 2.96. The molecule has 3 aliphatic heterocycles. The Hall–Kier alpha value is -2.12. The molecule has 128 valence electrons. The number of nitrogens with one attached hydrogen (secondary N) is 3. The predicted molar refractivity (Wildman–Crippen MR) is 90.2 cm³/mol. The minimum Gasteiger partial charge on any atom is -0.493 e. The highest BCUT2D eigenvalue weighted by Crippen LogP contribution is 2.21. The number of carbonyl (C=O) groups excluding carboxylic acids is 1. The van der Waals surface area contributed by atoms with Gasteiger partial charge in [-0.3, -0.25) is 15.5 Å². The monoisotopic (exact) mass is 329 g/mol. The summed E-state index contributed by atoms with van der Waals surface area (Å²) in [5.74, 6) is 2.12. The Kier molecular flexibility index (Phi) is 4.36. The van der Waals surface area contributed by atoms with Gasteiger partial charge in [0.2, 0.25) is 11.9 Å². The number of aliphatic imine (C=N–C) groups is 1. The van der Waals surface area contributed by atoms with Crippen molar-refractivity contribution in [1.82, 2.24) is 21.1 Å². The van der Waals surface area contributed by atoms with Crippen molar-refractivity contribution < 1.29 is 9.53 Å². The van der Waals surface area contributed by atoms with Crippen LogP contribution in [0.2, 0.25) is 0 Å². The van der Waals surface area contributed by atoms with Crippen molar-refractivity contribution in [2.45, 2.75) is 19.0 Å². The minimum atomic E-state index is -0.145. The van der Waals surface area contributed by atoms with Gasteiger partial charge in [-0.05, 0) is 30.9 Å². The molecule has 0 spiro atoms. The van der Waals surface area contributed by atoms with E-state index >= 15 is 0 Å². The Morgan fingerprint density at radius 2 is 2.00 bits per heavy atom. The van der Waals surface area contributed by atoms with E-state index in [9.17, 15) is 4.79 Å². The Bertz CT molecular complexity index is 613. The van der Waals surface area contributed by atoms with Crippen LogP contribution < -0.4 is 20.9 Å². The summed E-state index contributed by atoms with van der Waals surface area (Å²) in [6.07, 6.45) is 1.94. The number of carbonyl (C=O) groups is 1. The molecule has 2 fully saturated rings. The largest absolute Gasteiger partial charge is 0.493 e. The molecule has 0 radical (unpaired) electrons. The van der Waals surface area contributed by atoms with Crippen molar-refractivity contribution in [3.05, 3.63) is 30.3 Å². The molecule has 2 atom stereocenters. The van der Waals surface area contributed by atoms with Crippen molar-refractivity contribution in [3.8, 4) is 5.75 Å². The zero-order chi connectivity index (χ0) is 16.4. The van der Waals surface area contributed by atoms with Gasteiger partial charge >= 0.3 is 0 Å². The number of amides is 1. The van der Waals surface area contributed by atoms with Gasteiger partial charge in [0.25, 0.3) is 0 Å². The van der Waals surface area contributed by atoms with Gasteiger partial charge in [-0.25, -0.2) is 10.4 Å². The van der Waals surface area contributed by atoms with E-state index < -0.39 is 0 Å². The van der Waals surface area contributed by atoms with Gasteiger partial charge in [0.1, 0.15) is 11.9 Å². The molecule has 0 aliphatic carbocycles. The molecule has 0 saturated carbocycles. The lowest BCUT2D eigenvalue weighted by molar-refractivity contribution is -0.124. The van der Waals surface area contributed by atoms with Gasteiger partial charge in [0.05, 0.1) is 12.5 Å². The first-order valence-corrected chi connectivity index (χ1v) is 8.59. The second-order valence-corrected chi connectivity index (χ2v) is 6.57. The lowest BCUT2D eigenvalue weighted by Crippen LogP contribution is -2.55. The fourth-order valence-corrected chi connectivity index (χ4v) is 3.41. The Morgan fingerprint density at radius 1 is 1.21 bits per heavy atom. The van der Waals surface area contributed by atoms with Crippen LogP contribution in [0, 0.1) is 11.8 Å². The van der Waals surface area contributed by atoms with Crippen molar-refractivity contribution in [3.63, 3.8) is 0 Å². The van der Waals surface area contributed by atoms with Crippen LogP contribution in [0.4, 0.5) is 0 Å². The fourth-order valence-electron chi connectivity index (χ4n) is 3.41. The van der Waals surface area contributed by atoms with E-state index in [1.54, 1.807) is 0 Å². The molecular formula is C17H23N5O2. The number of nitrogens with zero attached hydrogens (tertiary/aromatic N) is 2. The van der Waals surface area contributed by atoms with E-state index in [1.165, 1.54) is 0 Å². The van der Waals surface area contributed by atoms with E-state index in [4.69, 9.17) is 4.74 Å². The summed E-state index contributed by atoms with van der Waals surface area (Å²) in [6.45, 7) is 3.17. The summed E-state index contributed by atoms with van der Waals surface area (Å²) >= 11 is 0. The second-order valence-electron chi connectivity index (χ2n) is 6.57. The molecular weight excluding hydrogens is 306 g/mol. The number of fused-ring (bicyclic) bond motifs is 1. The number of benzene rings is 1. The number of rotatable bonds is 3. The van der Waals surface area contributed by atoms with E-state index in [2.05, 4.69) is 26.1 Å². The Labute approximate surface area is 141 Å². The smallest absolute Gasteiger partial charge is 0.234 e. The highest BCUT2D eigenvalue weighted by Gasteiger charge is 2.38. The van der Waals surface area contributed by atoms with Crippen LogP contribution in [0.15, 0.2) is 35.3 Å². The van der Waals surface area contributed by atoms with Crippen molar-refractivity contribution in [2.24, 2.45) is 16.8 Å². The van der Waals surface area contributed by atoms with E-state index in [0.717, 1.165) is 38.3 Å². The molecule has 3 heterocycles. The molecule has 0 bridgehead atoms. The lowest BCUT2D eigenvalue weighted by Gasteiger charge is -2.36. The molecule has 2 saturated heterocycles. The number of hydrogen-bond donors (Lipinski definition) is 3. The molecule has 3 aliphatic rings. The van der Waals surface area contributed by atoms with Gasteiger partial charge in [-0.1, -0.05) is 18.2 Å². The van der Waals surface area contributed by atoms with E-state index in [1.807, 2.05) is 30.3 Å². The Morgan fingerprint density at radius 3 is 2.79 bits per heavy atom. The van der Waals surface area contributed by atoms with Crippen LogP contribution in [0.1, 0.15) is 12.8 Å². The number of piperidine rings is 1. The number of hydrogen-bond acceptors (Lipinski definition) is 6. The van der Waals surface area contributed by atoms with Crippen LogP contribution in [0.3, 0.4) is 0 Å². The van der Waals surface area contributed by atoms with Crippen LogP contribution in [-0.4, -0.2) is 49.2 Å². The SMILES string of the molecule is O=C1NC(N2CCC(COc3ccccc3)CC2)=NC2NNCC12. The Balaban J connectivity index is 1.29. The second kappa shape index (κ2) is 6.78. The molecule has 1 aromatic carbocycles. The topological polar surface area (TPSA) is 78.0 Å². The number of likely N-dealkylation sites (tertiary alicyclic amines) is 1. The highest BCUT2D eigenvalue weighted by molar-refractivity contribution is 6.00. The molecule has 4 rings (SSSR count). The molecule has 7 nitrogen and oxygen atoms in total. The quantitative estimate of drug-likeness (QED) is 0.744. The number of para-hydroxylation sites is 1. The molecule has 0 aromatic heterocycles. The van der Waals surface area contributed by atoms with Crippen LogP contribution in [0.25, 0.3) is 0 Å². The van der Waals surface area contributed by atoms with Gasteiger partial charge in [0.15, 0.2) is 0 Å². The van der Waals surface area contributed by atoms with Crippen LogP contribution in [0.5, 0.6) is 5.75 Å². The molecule has 2 unspecified atom stereocenters. The third-order valence-electron chi connectivity index (χ3n) is 4.93. The van der Waals surface area contributed by atoms with Gasteiger partial charge < -0.3 is 9.64 Å². The maximum atomic E-state index is 12.1. The molecule has 1 aromatic rings. The standard InChI is InChI=1S/C17H23N5O2/c23-16-14-10-18-21-15(14)19-17(20-16)22-8-6-12(7-9-22)11-24-13-4-2-1-3-5-13/h1-5,12,14-15,18,21H,6-11H2,(H,19,20,23). The van der Waals surface area contributed by atoms with Crippen LogP contribution in [-0.2, 0) is 4.79 Å². The lowest BCUT2D eigenvalue weighted by atomic mass is 9.98. The van der Waals surface area contributed by atoms with Crippen molar-refractivity contribution in [2.75, 3.05) is 26.2 Å².